The minimum Gasteiger partial charge on any atom is -0.351 e. The maximum absolute atomic E-state index is 6.16. The molecule has 0 amide bonds. The van der Waals surface area contributed by atoms with Gasteiger partial charge in [-0.3, -0.25) is 4.90 Å². The van der Waals surface area contributed by atoms with Crippen LogP contribution in [0.25, 0.3) is 0 Å². The third-order valence-electron chi connectivity index (χ3n) is 5.98. The number of hydrogen-bond donors (Lipinski definition) is 0. The zero-order chi connectivity index (χ0) is 14.9. The minimum absolute atomic E-state index is 0.0138. The molecule has 3 nitrogen and oxygen atoms in total. The maximum Gasteiger partial charge on any atom is 0.170 e. The Hall–Kier alpha value is -0.380. The summed E-state index contributed by atoms with van der Waals surface area (Å²) < 4.78 is 12.3. The second-order valence-corrected chi connectivity index (χ2v) is 7.55. The smallest absolute Gasteiger partial charge is 0.170 e. The van der Waals surface area contributed by atoms with Crippen LogP contribution in [0.4, 0.5) is 0 Å². The van der Waals surface area contributed by atoms with Crippen LogP contribution in [0.15, 0.2) is 11.6 Å². The molecule has 2 fully saturated rings. The van der Waals surface area contributed by atoms with Gasteiger partial charge in [0, 0.05) is 12.0 Å². The molecule has 0 bridgehead atoms. The van der Waals surface area contributed by atoms with E-state index in [-0.39, 0.29) is 11.7 Å². The summed E-state index contributed by atoms with van der Waals surface area (Å²) in [5, 5.41) is 0. The lowest BCUT2D eigenvalue weighted by Gasteiger charge is -2.50. The molecule has 2 unspecified atom stereocenters. The van der Waals surface area contributed by atoms with Crippen molar-refractivity contribution in [3.05, 3.63) is 11.6 Å². The van der Waals surface area contributed by atoms with Crippen LogP contribution < -0.4 is 0 Å². The van der Waals surface area contributed by atoms with E-state index in [1.165, 1.54) is 44.3 Å². The van der Waals surface area contributed by atoms with Crippen molar-refractivity contribution in [3.63, 3.8) is 0 Å². The SMILES string of the molecule is CC1=CC(C)C2(COC(CN3CCCCC3)OC2)C(C)C1. The van der Waals surface area contributed by atoms with Gasteiger partial charge in [0.2, 0.25) is 0 Å². The molecule has 2 aliphatic heterocycles. The Labute approximate surface area is 129 Å². The number of ether oxygens (including phenoxy) is 2. The fourth-order valence-corrected chi connectivity index (χ4v) is 4.39. The van der Waals surface area contributed by atoms with Gasteiger partial charge in [0.05, 0.1) is 13.2 Å². The standard InChI is InChI=1S/C18H31NO2/c1-14-9-15(2)18(16(3)10-14)12-20-17(21-13-18)11-19-7-5-4-6-8-19/h9,15-17H,4-8,10-13H2,1-3H3. The van der Waals surface area contributed by atoms with Crippen molar-refractivity contribution in [2.75, 3.05) is 32.8 Å². The van der Waals surface area contributed by atoms with Crippen LogP contribution in [0.3, 0.4) is 0 Å². The number of rotatable bonds is 2. The molecule has 0 saturated carbocycles. The highest BCUT2D eigenvalue weighted by Gasteiger charge is 2.46. The topological polar surface area (TPSA) is 21.7 Å². The van der Waals surface area contributed by atoms with Crippen molar-refractivity contribution < 1.29 is 9.47 Å². The van der Waals surface area contributed by atoms with Gasteiger partial charge in [0.15, 0.2) is 6.29 Å². The summed E-state index contributed by atoms with van der Waals surface area (Å²) in [4.78, 5) is 2.50. The van der Waals surface area contributed by atoms with Crippen molar-refractivity contribution in [2.45, 2.75) is 52.7 Å². The third kappa shape index (κ3) is 3.20. The number of hydrogen-bond acceptors (Lipinski definition) is 3. The summed E-state index contributed by atoms with van der Waals surface area (Å²) in [6, 6.07) is 0. The van der Waals surface area contributed by atoms with E-state index >= 15 is 0 Å². The Bertz CT molecular complexity index is 379. The highest BCUT2D eigenvalue weighted by atomic mass is 16.7. The lowest BCUT2D eigenvalue weighted by atomic mass is 9.63. The maximum atomic E-state index is 6.16. The number of allylic oxidation sites excluding steroid dienone is 2. The van der Waals surface area contributed by atoms with Gasteiger partial charge in [-0.15, -0.1) is 0 Å². The van der Waals surface area contributed by atoms with Gasteiger partial charge in [-0.1, -0.05) is 31.9 Å². The summed E-state index contributed by atoms with van der Waals surface area (Å²) in [6.07, 6.45) is 7.64. The van der Waals surface area contributed by atoms with E-state index in [9.17, 15) is 0 Å². The second kappa shape index (κ2) is 6.39. The fourth-order valence-electron chi connectivity index (χ4n) is 4.39. The van der Waals surface area contributed by atoms with E-state index in [2.05, 4.69) is 31.7 Å². The average molecular weight is 293 g/mol. The van der Waals surface area contributed by atoms with Crippen molar-refractivity contribution in [1.82, 2.24) is 4.90 Å². The van der Waals surface area contributed by atoms with Crippen molar-refractivity contribution in [3.8, 4) is 0 Å². The quantitative estimate of drug-likeness (QED) is 0.728. The van der Waals surface area contributed by atoms with Gasteiger partial charge in [0.1, 0.15) is 0 Å². The predicted octanol–water partition coefficient (Wildman–Crippen LogP) is 3.45. The first-order chi connectivity index (χ1) is 10.1. The summed E-state index contributed by atoms with van der Waals surface area (Å²) in [5.74, 6) is 1.20. The zero-order valence-corrected chi connectivity index (χ0v) is 13.9. The van der Waals surface area contributed by atoms with Gasteiger partial charge in [0.25, 0.3) is 0 Å². The Morgan fingerprint density at radius 1 is 1.14 bits per heavy atom. The summed E-state index contributed by atoms with van der Waals surface area (Å²) in [7, 11) is 0. The molecule has 3 aliphatic rings. The van der Waals surface area contributed by atoms with Crippen molar-refractivity contribution >= 4 is 0 Å². The number of piperidine rings is 1. The van der Waals surface area contributed by atoms with Gasteiger partial charge >= 0.3 is 0 Å². The predicted molar refractivity (Wildman–Crippen MR) is 85.1 cm³/mol. The highest BCUT2D eigenvalue weighted by Crippen LogP contribution is 2.46. The number of likely N-dealkylation sites (tertiary alicyclic amines) is 1. The van der Waals surface area contributed by atoms with Crippen LogP contribution in [0.2, 0.25) is 0 Å². The molecule has 3 rings (SSSR count). The van der Waals surface area contributed by atoms with Gasteiger partial charge in [-0.25, -0.2) is 0 Å². The third-order valence-corrected chi connectivity index (χ3v) is 5.98. The first-order valence-corrected chi connectivity index (χ1v) is 8.73. The molecule has 0 aromatic carbocycles. The first-order valence-electron chi connectivity index (χ1n) is 8.73. The monoisotopic (exact) mass is 293 g/mol. The molecule has 0 aromatic rings. The van der Waals surface area contributed by atoms with Gasteiger partial charge in [-0.2, -0.15) is 0 Å². The molecular weight excluding hydrogens is 262 g/mol. The van der Waals surface area contributed by atoms with Gasteiger partial charge in [-0.05, 0) is 51.1 Å². The van der Waals surface area contributed by atoms with E-state index in [1.54, 1.807) is 0 Å². The molecule has 3 heteroatoms. The summed E-state index contributed by atoms with van der Waals surface area (Å²) in [6.45, 7) is 12.0. The molecular formula is C18H31NO2. The molecule has 0 radical (unpaired) electrons. The molecule has 0 N–H and O–H groups in total. The van der Waals surface area contributed by atoms with Crippen LogP contribution in [-0.4, -0.2) is 44.0 Å². The summed E-state index contributed by atoms with van der Waals surface area (Å²) >= 11 is 0. The number of nitrogens with zero attached hydrogens (tertiary/aromatic N) is 1. The minimum atomic E-state index is -0.0138. The van der Waals surface area contributed by atoms with Crippen molar-refractivity contribution in [1.29, 1.82) is 0 Å². The molecule has 1 aliphatic carbocycles. The van der Waals surface area contributed by atoms with Crippen LogP contribution in [0.1, 0.15) is 46.5 Å². The molecule has 1 spiro atoms. The van der Waals surface area contributed by atoms with Crippen LogP contribution in [0, 0.1) is 17.3 Å². The fraction of sp³-hybridized carbons (Fsp3) is 0.889. The van der Waals surface area contributed by atoms with Crippen LogP contribution in [-0.2, 0) is 9.47 Å². The zero-order valence-electron chi connectivity index (χ0n) is 13.9. The van der Waals surface area contributed by atoms with E-state index in [4.69, 9.17) is 9.47 Å². The Balaban J connectivity index is 1.56. The molecule has 120 valence electrons. The Kier molecular flexibility index (Phi) is 4.72. The van der Waals surface area contributed by atoms with Crippen molar-refractivity contribution in [2.24, 2.45) is 17.3 Å². The molecule has 2 atom stereocenters. The Morgan fingerprint density at radius 2 is 1.81 bits per heavy atom. The van der Waals surface area contributed by atoms with Gasteiger partial charge < -0.3 is 9.47 Å². The lowest BCUT2D eigenvalue weighted by molar-refractivity contribution is -0.254. The van der Waals surface area contributed by atoms with Crippen LogP contribution in [0.5, 0.6) is 0 Å². The van der Waals surface area contributed by atoms with Crippen LogP contribution >= 0.6 is 0 Å². The molecule has 21 heavy (non-hydrogen) atoms. The summed E-state index contributed by atoms with van der Waals surface area (Å²) in [5.41, 5.74) is 1.72. The normalized spacial score (nSPS) is 42.0. The van der Waals surface area contributed by atoms with E-state index < -0.39 is 0 Å². The molecule has 2 heterocycles. The Morgan fingerprint density at radius 3 is 2.43 bits per heavy atom. The average Bonchev–Trinajstić information content (AvgIpc) is 2.47. The first kappa shape index (κ1) is 15.5. The lowest BCUT2D eigenvalue weighted by Crippen LogP contribution is -2.53. The van der Waals surface area contributed by atoms with E-state index in [1.807, 2.05) is 0 Å². The molecule has 2 saturated heterocycles. The van der Waals surface area contributed by atoms with E-state index in [0.717, 1.165) is 19.8 Å². The molecule has 0 aromatic heterocycles. The second-order valence-electron chi connectivity index (χ2n) is 7.55. The largest absolute Gasteiger partial charge is 0.351 e. The van der Waals surface area contributed by atoms with E-state index in [0.29, 0.717) is 11.8 Å². The highest BCUT2D eigenvalue weighted by molar-refractivity contribution is 5.13.